The summed E-state index contributed by atoms with van der Waals surface area (Å²) in [6.07, 6.45) is 7.43. The smallest absolute Gasteiger partial charge is 0.475 e. The lowest BCUT2D eigenvalue weighted by atomic mass is 10.1. The summed E-state index contributed by atoms with van der Waals surface area (Å²) in [5, 5.41) is 10.0. The lowest BCUT2D eigenvalue weighted by molar-refractivity contribution is -0.192. The number of carboxylic acids is 1. The Bertz CT molecular complexity index is 902. The molecule has 0 aromatic carbocycles. The Morgan fingerprint density at radius 2 is 1.94 bits per heavy atom. The molecule has 0 radical (unpaired) electrons. The minimum Gasteiger partial charge on any atom is -0.475 e. The minimum atomic E-state index is -5.08. The van der Waals surface area contributed by atoms with Crippen LogP contribution in [-0.2, 0) is 9.59 Å². The molecule has 2 aromatic heterocycles. The molecule has 9 nitrogen and oxygen atoms in total. The maximum atomic E-state index is 12.0. The molecule has 1 aliphatic rings. The van der Waals surface area contributed by atoms with Crippen LogP contribution in [0.25, 0.3) is 5.65 Å². The quantitative estimate of drug-likeness (QED) is 0.519. The zero-order valence-corrected chi connectivity index (χ0v) is 17.9. The van der Waals surface area contributed by atoms with Gasteiger partial charge in [0.05, 0.1) is 24.1 Å². The fraction of sp³-hybridized carbons (Fsp3) is 0.600. The maximum absolute atomic E-state index is 12.0. The van der Waals surface area contributed by atoms with Gasteiger partial charge in [0, 0.05) is 12.6 Å². The monoisotopic (exact) mass is 458 g/mol. The van der Waals surface area contributed by atoms with Crippen molar-refractivity contribution in [3.8, 4) is 0 Å². The molecule has 4 N–H and O–H groups in total. The molecule has 1 atom stereocenters. The van der Waals surface area contributed by atoms with Crippen LogP contribution in [0.5, 0.6) is 0 Å². The minimum absolute atomic E-state index is 0.00969. The molecule has 2 aromatic rings. The van der Waals surface area contributed by atoms with Crippen molar-refractivity contribution in [3.05, 3.63) is 24.3 Å². The second kappa shape index (κ2) is 11.8. The van der Waals surface area contributed by atoms with Crippen molar-refractivity contribution >= 4 is 23.3 Å². The van der Waals surface area contributed by atoms with Gasteiger partial charge < -0.3 is 20.6 Å². The molecule has 1 amide bonds. The van der Waals surface area contributed by atoms with Crippen LogP contribution in [0.1, 0.15) is 56.7 Å². The van der Waals surface area contributed by atoms with E-state index in [9.17, 15) is 18.0 Å². The van der Waals surface area contributed by atoms with Gasteiger partial charge in [-0.2, -0.15) is 13.2 Å². The fourth-order valence-electron chi connectivity index (χ4n) is 3.42. The summed E-state index contributed by atoms with van der Waals surface area (Å²) in [6.45, 7) is 1.84. The Balaban J connectivity index is 0.000000451. The number of carbonyl (C=O) groups is 2. The molecule has 1 aliphatic heterocycles. The largest absolute Gasteiger partial charge is 0.490 e. The highest BCUT2D eigenvalue weighted by Crippen LogP contribution is 2.29. The highest BCUT2D eigenvalue weighted by molar-refractivity contribution is 5.89. The Labute approximate surface area is 183 Å². The summed E-state index contributed by atoms with van der Waals surface area (Å²) in [4.78, 5) is 32.3. The summed E-state index contributed by atoms with van der Waals surface area (Å²) in [5.74, 6) is -2.17. The van der Waals surface area contributed by atoms with Gasteiger partial charge in [-0.05, 0) is 45.8 Å². The lowest BCUT2D eigenvalue weighted by Gasteiger charge is -2.16. The van der Waals surface area contributed by atoms with Gasteiger partial charge in [0.15, 0.2) is 5.65 Å². The average Bonchev–Trinajstić information content (AvgIpc) is 3.32. The first-order valence-corrected chi connectivity index (χ1v) is 10.5. The van der Waals surface area contributed by atoms with Gasteiger partial charge in [-0.25, -0.2) is 14.8 Å². The average molecular weight is 458 g/mol. The van der Waals surface area contributed by atoms with E-state index >= 15 is 0 Å². The zero-order chi connectivity index (χ0) is 23.7. The molecule has 12 heteroatoms. The van der Waals surface area contributed by atoms with E-state index in [2.05, 4.69) is 27.2 Å². The van der Waals surface area contributed by atoms with Gasteiger partial charge >= 0.3 is 12.1 Å². The number of carbonyl (C=O) groups excluding carboxylic acids is 1. The van der Waals surface area contributed by atoms with Crippen molar-refractivity contribution in [2.45, 2.75) is 57.2 Å². The van der Waals surface area contributed by atoms with Crippen molar-refractivity contribution in [1.29, 1.82) is 0 Å². The van der Waals surface area contributed by atoms with Crippen LogP contribution in [0.4, 0.5) is 19.0 Å². The molecule has 32 heavy (non-hydrogen) atoms. The summed E-state index contributed by atoms with van der Waals surface area (Å²) < 4.78 is 33.7. The topological polar surface area (TPSA) is 126 Å². The number of hydrogen-bond donors (Lipinski definition) is 3. The summed E-state index contributed by atoms with van der Waals surface area (Å²) in [7, 11) is 2.14. The summed E-state index contributed by atoms with van der Waals surface area (Å²) in [6, 6.07) is 0.381. The first-order chi connectivity index (χ1) is 15.1. The Hall–Kier alpha value is -2.73. The number of fused-ring (bicyclic) bond motifs is 1. The number of hydrogen-bond acceptors (Lipinski definition) is 6. The highest BCUT2D eigenvalue weighted by Gasteiger charge is 2.38. The number of halogens is 3. The van der Waals surface area contributed by atoms with Gasteiger partial charge in [-0.15, -0.1) is 0 Å². The van der Waals surface area contributed by atoms with Gasteiger partial charge in [0.2, 0.25) is 5.91 Å². The number of imidazole rings is 1. The van der Waals surface area contributed by atoms with Gasteiger partial charge in [0.1, 0.15) is 5.82 Å². The maximum Gasteiger partial charge on any atom is 0.490 e. The number of aliphatic carboxylic acids is 1. The zero-order valence-electron chi connectivity index (χ0n) is 17.9. The van der Waals surface area contributed by atoms with Crippen molar-refractivity contribution < 1.29 is 27.9 Å². The molecule has 0 bridgehead atoms. The van der Waals surface area contributed by atoms with E-state index in [1.165, 1.54) is 6.42 Å². The second-order valence-corrected chi connectivity index (χ2v) is 7.65. The molecule has 0 saturated carbocycles. The highest BCUT2D eigenvalue weighted by atomic mass is 19.4. The molecule has 178 valence electrons. The van der Waals surface area contributed by atoms with Gasteiger partial charge in [-0.3, -0.25) is 9.69 Å². The third kappa shape index (κ3) is 7.75. The number of anilines is 1. The summed E-state index contributed by atoms with van der Waals surface area (Å²) in [5.41, 5.74) is 7.36. The van der Waals surface area contributed by atoms with E-state index in [0.717, 1.165) is 56.5 Å². The third-order valence-electron chi connectivity index (χ3n) is 5.09. The number of unbranched alkanes of at least 4 members (excludes halogenated alkanes) is 3. The molecular formula is C20H29F3N6O3. The van der Waals surface area contributed by atoms with Crippen molar-refractivity contribution in [3.63, 3.8) is 0 Å². The van der Waals surface area contributed by atoms with Crippen LogP contribution in [-0.4, -0.2) is 62.6 Å². The normalized spacial score (nSPS) is 16.6. The molecule has 0 unspecified atom stereocenters. The number of amides is 1. The van der Waals surface area contributed by atoms with Crippen molar-refractivity contribution in [2.75, 3.05) is 25.5 Å². The molecule has 0 aliphatic carbocycles. The number of nitrogens with two attached hydrogens (primary N) is 1. The Kier molecular flexibility index (Phi) is 9.39. The number of nitrogens with zero attached hydrogens (tertiary/aromatic N) is 4. The molecule has 3 heterocycles. The number of likely N-dealkylation sites (tertiary alicyclic amines) is 1. The third-order valence-corrected chi connectivity index (χ3v) is 5.09. The Morgan fingerprint density at radius 1 is 1.25 bits per heavy atom. The number of alkyl halides is 3. The Morgan fingerprint density at radius 3 is 2.53 bits per heavy atom. The number of aromatic nitrogens is 3. The van der Waals surface area contributed by atoms with E-state index in [-0.39, 0.29) is 5.91 Å². The molecule has 1 fully saturated rings. The molecule has 0 spiro atoms. The van der Waals surface area contributed by atoms with Crippen LogP contribution in [0.3, 0.4) is 0 Å². The first kappa shape index (κ1) is 25.5. The van der Waals surface area contributed by atoms with Gasteiger partial charge in [0.25, 0.3) is 0 Å². The second-order valence-electron chi connectivity index (χ2n) is 7.65. The van der Waals surface area contributed by atoms with E-state index in [1.54, 1.807) is 6.20 Å². The predicted molar refractivity (Wildman–Crippen MR) is 112 cm³/mol. The fourth-order valence-corrected chi connectivity index (χ4v) is 3.42. The van der Waals surface area contributed by atoms with Crippen LogP contribution in [0.15, 0.2) is 18.6 Å². The van der Waals surface area contributed by atoms with Crippen molar-refractivity contribution in [1.82, 2.24) is 19.3 Å². The van der Waals surface area contributed by atoms with Crippen molar-refractivity contribution in [2.24, 2.45) is 5.73 Å². The molecule has 1 saturated heterocycles. The van der Waals surface area contributed by atoms with E-state index in [4.69, 9.17) is 15.6 Å². The molecular weight excluding hydrogens is 429 g/mol. The SMILES string of the molecule is CN1CCC[C@@H]1c1cn2cc(NC(=O)CCCCCCN)ncc2n1.O=C(O)C(F)(F)F. The number of carboxylic acid groups (broad SMARTS) is 1. The van der Waals surface area contributed by atoms with Crippen LogP contribution in [0, 0.1) is 0 Å². The van der Waals surface area contributed by atoms with E-state index < -0.39 is 12.1 Å². The molecule has 3 rings (SSSR count). The first-order valence-electron chi connectivity index (χ1n) is 10.5. The number of rotatable bonds is 8. The van der Waals surface area contributed by atoms with Crippen LogP contribution < -0.4 is 11.1 Å². The van der Waals surface area contributed by atoms with Crippen LogP contribution in [0.2, 0.25) is 0 Å². The predicted octanol–water partition coefficient (Wildman–Crippen LogP) is 2.98. The van der Waals surface area contributed by atoms with E-state index in [0.29, 0.717) is 18.3 Å². The van der Waals surface area contributed by atoms with E-state index in [1.807, 2.05) is 16.8 Å². The van der Waals surface area contributed by atoms with Crippen LogP contribution >= 0.6 is 0 Å². The lowest BCUT2D eigenvalue weighted by Crippen LogP contribution is -2.21. The standard InChI is InChI=1S/C18H28N6O.C2HF3O2/c1-23-10-6-7-15(23)14-12-24-13-16(20-11-17(24)21-14)22-18(25)8-4-2-3-5-9-19;3-2(4,5)1(6)7/h11-13,15H,2-10,19H2,1H3,(H,22,25);(H,6,7)/t15-;/m1./s1. The van der Waals surface area contributed by atoms with Gasteiger partial charge in [-0.1, -0.05) is 12.8 Å². The number of nitrogens with one attached hydrogen (secondary N) is 1. The summed E-state index contributed by atoms with van der Waals surface area (Å²) >= 11 is 0.